The number of ether oxygens (including phenoxy) is 1. The highest BCUT2D eigenvalue weighted by Gasteiger charge is 2.30. The molecule has 0 saturated carbocycles. The monoisotopic (exact) mass is 281 g/mol. The molecule has 1 aliphatic rings. The van der Waals surface area contributed by atoms with Gasteiger partial charge in [-0.15, -0.1) is 0 Å². The lowest BCUT2D eigenvalue weighted by Gasteiger charge is -2.19. The SMILES string of the molecule is Cc1ccc(C(N)CS(=O)C2CCOC2C)c(C)c1. The summed E-state index contributed by atoms with van der Waals surface area (Å²) >= 11 is 0. The van der Waals surface area contributed by atoms with Crippen molar-refractivity contribution in [2.45, 2.75) is 44.6 Å². The molecule has 1 saturated heterocycles. The van der Waals surface area contributed by atoms with Gasteiger partial charge in [-0.25, -0.2) is 0 Å². The fraction of sp³-hybridized carbons (Fsp3) is 0.600. The van der Waals surface area contributed by atoms with E-state index in [1.807, 2.05) is 6.92 Å². The molecule has 1 aromatic rings. The van der Waals surface area contributed by atoms with E-state index in [1.54, 1.807) is 0 Å². The van der Waals surface area contributed by atoms with Gasteiger partial charge in [0, 0.05) is 29.2 Å². The topological polar surface area (TPSA) is 52.3 Å². The molecule has 19 heavy (non-hydrogen) atoms. The summed E-state index contributed by atoms with van der Waals surface area (Å²) in [5.74, 6) is 0.516. The lowest BCUT2D eigenvalue weighted by molar-refractivity contribution is 0.127. The summed E-state index contributed by atoms with van der Waals surface area (Å²) in [7, 11) is -0.920. The van der Waals surface area contributed by atoms with Gasteiger partial charge in [0.25, 0.3) is 0 Å². The zero-order valence-corrected chi connectivity index (χ0v) is 12.7. The van der Waals surface area contributed by atoms with Crippen molar-refractivity contribution in [2.75, 3.05) is 12.4 Å². The van der Waals surface area contributed by atoms with E-state index in [2.05, 4.69) is 32.0 Å². The minimum Gasteiger partial charge on any atom is -0.377 e. The molecule has 0 amide bonds. The fourth-order valence-electron chi connectivity index (χ4n) is 2.69. The van der Waals surface area contributed by atoms with Crippen LogP contribution in [0.2, 0.25) is 0 Å². The molecule has 1 aliphatic heterocycles. The van der Waals surface area contributed by atoms with Gasteiger partial charge in [-0.3, -0.25) is 4.21 Å². The number of rotatable bonds is 4. The Kier molecular flexibility index (Phi) is 4.76. The molecular formula is C15H23NO2S. The van der Waals surface area contributed by atoms with Crippen molar-refractivity contribution in [3.8, 4) is 0 Å². The van der Waals surface area contributed by atoms with Crippen LogP contribution in [0.3, 0.4) is 0 Å². The Balaban J connectivity index is 2.04. The molecule has 4 unspecified atom stereocenters. The third-order valence-electron chi connectivity index (χ3n) is 3.81. The largest absolute Gasteiger partial charge is 0.377 e. The maximum absolute atomic E-state index is 12.4. The number of aryl methyl sites for hydroxylation is 2. The number of hydrogen-bond acceptors (Lipinski definition) is 3. The molecule has 1 aromatic carbocycles. The van der Waals surface area contributed by atoms with E-state index in [0.717, 1.165) is 18.6 Å². The van der Waals surface area contributed by atoms with Gasteiger partial charge in [0.05, 0.1) is 11.4 Å². The van der Waals surface area contributed by atoms with Crippen molar-refractivity contribution in [3.05, 3.63) is 34.9 Å². The predicted molar refractivity (Wildman–Crippen MR) is 79.7 cm³/mol. The summed E-state index contributed by atoms with van der Waals surface area (Å²) in [5, 5.41) is 0.136. The molecule has 0 spiro atoms. The maximum atomic E-state index is 12.4. The zero-order chi connectivity index (χ0) is 14.0. The van der Waals surface area contributed by atoms with Gasteiger partial charge in [0.2, 0.25) is 0 Å². The molecule has 1 heterocycles. The van der Waals surface area contributed by atoms with Gasteiger partial charge in [-0.1, -0.05) is 23.8 Å². The molecule has 0 aromatic heterocycles. The highest BCUT2D eigenvalue weighted by molar-refractivity contribution is 7.85. The molecule has 0 radical (unpaired) electrons. The summed E-state index contributed by atoms with van der Waals surface area (Å²) in [5.41, 5.74) is 9.74. The maximum Gasteiger partial charge on any atom is 0.0691 e. The predicted octanol–water partition coefficient (Wildman–Crippen LogP) is 2.23. The van der Waals surface area contributed by atoms with E-state index >= 15 is 0 Å². The molecule has 3 nitrogen and oxygen atoms in total. The van der Waals surface area contributed by atoms with Gasteiger partial charge in [-0.2, -0.15) is 0 Å². The molecule has 106 valence electrons. The van der Waals surface area contributed by atoms with E-state index < -0.39 is 10.8 Å². The standard InChI is InChI=1S/C15H23NO2S/c1-10-4-5-13(11(2)8-10)14(16)9-19(17)15-6-7-18-12(15)3/h4-5,8,12,14-15H,6-7,9,16H2,1-3H3. The third-order valence-corrected chi connectivity index (χ3v) is 5.79. The Morgan fingerprint density at radius 1 is 1.47 bits per heavy atom. The van der Waals surface area contributed by atoms with Crippen LogP contribution in [0.25, 0.3) is 0 Å². The van der Waals surface area contributed by atoms with E-state index in [-0.39, 0.29) is 17.4 Å². The first-order valence-corrected chi connectivity index (χ1v) is 8.18. The van der Waals surface area contributed by atoms with Gasteiger partial charge in [-0.05, 0) is 38.3 Å². The van der Waals surface area contributed by atoms with Crippen LogP contribution in [0.4, 0.5) is 0 Å². The smallest absolute Gasteiger partial charge is 0.0691 e. The Morgan fingerprint density at radius 3 is 2.79 bits per heavy atom. The quantitative estimate of drug-likeness (QED) is 0.921. The van der Waals surface area contributed by atoms with Gasteiger partial charge < -0.3 is 10.5 Å². The van der Waals surface area contributed by atoms with Crippen LogP contribution < -0.4 is 5.73 Å². The second-order valence-corrected chi connectivity index (χ2v) is 7.12. The van der Waals surface area contributed by atoms with Gasteiger partial charge in [0.15, 0.2) is 0 Å². The van der Waals surface area contributed by atoms with Crippen molar-refractivity contribution in [3.63, 3.8) is 0 Å². The molecule has 1 fully saturated rings. The third kappa shape index (κ3) is 3.44. The van der Waals surface area contributed by atoms with Crippen LogP contribution in [0.15, 0.2) is 18.2 Å². The summed E-state index contributed by atoms with van der Waals surface area (Å²) in [6.45, 7) is 6.85. The lowest BCUT2D eigenvalue weighted by Crippen LogP contribution is -2.29. The van der Waals surface area contributed by atoms with Crippen molar-refractivity contribution >= 4 is 10.8 Å². The van der Waals surface area contributed by atoms with Crippen molar-refractivity contribution in [1.29, 1.82) is 0 Å². The van der Waals surface area contributed by atoms with Crippen molar-refractivity contribution in [2.24, 2.45) is 5.73 Å². The summed E-state index contributed by atoms with van der Waals surface area (Å²) in [6, 6.07) is 6.08. The number of benzene rings is 1. The summed E-state index contributed by atoms with van der Waals surface area (Å²) in [6.07, 6.45) is 0.972. The first-order valence-electron chi connectivity index (χ1n) is 6.80. The highest BCUT2D eigenvalue weighted by Crippen LogP contribution is 2.23. The van der Waals surface area contributed by atoms with Crippen LogP contribution in [0.5, 0.6) is 0 Å². The second-order valence-electron chi connectivity index (χ2n) is 5.42. The average molecular weight is 281 g/mol. The summed E-state index contributed by atoms with van der Waals surface area (Å²) in [4.78, 5) is 0. The van der Waals surface area contributed by atoms with Crippen molar-refractivity contribution < 1.29 is 8.95 Å². The Hall–Kier alpha value is -0.710. The van der Waals surface area contributed by atoms with E-state index in [0.29, 0.717) is 5.75 Å². The molecule has 0 aliphatic carbocycles. The van der Waals surface area contributed by atoms with Crippen molar-refractivity contribution in [1.82, 2.24) is 0 Å². The van der Waals surface area contributed by atoms with E-state index in [9.17, 15) is 4.21 Å². The highest BCUT2D eigenvalue weighted by atomic mass is 32.2. The normalized spacial score (nSPS) is 26.3. The Bertz CT molecular complexity index is 475. The Labute approximate surface area is 118 Å². The fourth-order valence-corrected chi connectivity index (χ4v) is 4.34. The molecular weight excluding hydrogens is 258 g/mol. The van der Waals surface area contributed by atoms with Gasteiger partial charge in [0.1, 0.15) is 0 Å². The van der Waals surface area contributed by atoms with Crippen LogP contribution in [0.1, 0.15) is 36.1 Å². The first-order chi connectivity index (χ1) is 8.99. The zero-order valence-electron chi connectivity index (χ0n) is 11.9. The van der Waals surface area contributed by atoms with Crippen LogP contribution in [0, 0.1) is 13.8 Å². The first kappa shape index (κ1) is 14.7. The molecule has 4 atom stereocenters. The Morgan fingerprint density at radius 2 is 2.21 bits per heavy atom. The average Bonchev–Trinajstić information content (AvgIpc) is 2.75. The minimum absolute atomic E-state index is 0.0900. The van der Waals surface area contributed by atoms with Crippen LogP contribution in [-0.2, 0) is 15.5 Å². The lowest BCUT2D eigenvalue weighted by atomic mass is 10.0. The van der Waals surface area contributed by atoms with Crippen LogP contribution in [-0.4, -0.2) is 27.9 Å². The number of hydrogen-bond donors (Lipinski definition) is 1. The summed E-state index contributed by atoms with van der Waals surface area (Å²) < 4.78 is 17.8. The minimum atomic E-state index is -0.920. The van der Waals surface area contributed by atoms with Crippen LogP contribution >= 0.6 is 0 Å². The molecule has 2 rings (SSSR count). The molecule has 4 heteroatoms. The van der Waals surface area contributed by atoms with E-state index in [4.69, 9.17) is 10.5 Å². The molecule has 2 N–H and O–H groups in total. The molecule has 0 bridgehead atoms. The van der Waals surface area contributed by atoms with E-state index in [1.165, 1.54) is 11.1 Å². The van der Waals surface area contributed by atoms with Gasteiger partial charge >= 0.3 is 0 Å². The second kappa shape index (κ2) is 6.16. The number of nitrogens with two attached hydrogens (primary N) is 1.